The van der Waals surface area contributed by atoms with E-state index in [1.54, 1.807) is 6.92 Å². The van der Waals surface area contributed by atoms with Crippen molar-refractivity contribution in [2.75, 3.05) is 0 Å². The molecule has 0 fully saturated rings. The summed E-state index contributed by atoms with van der Waals surface area (Å²) in [4.78, 5) is 4.02. The van der Waals surface area contributed by atoms with Crippen LogP contribution in [-0.2, 0) is 6.42 Å². The lowest BCUT2D eigenvalue weighted by atomic mass is 10.2. The van der Waals surface area contributed by atoms with Crippen LogP contribution in [0.4, 0.5) is 4.39 Å². The van der Waals surface area contributed by atoms with Gasteiger partial charge in [0.05, 0.1) is 0 Å². The third kappa shape index (κ3) is 1.15. The Labute approximate surface area is 59.9 Å². The molecule has 0 aliphatic carbocycles. The molecule has 0 saturated heterocycles. The second-order valence-electron chi connectivity index (χ2n) is 2.22. The minimum Gasteiger partial charge on any atom is -0.261 e. The number of hydrogen-bond donors (Lipinski definition) is 0. The normalized spacial score (nSPS) is 9.90. The molecule has 1 aromatic rings. The molecular formula is C8H10FN. The lowest BCUT2D eigenvalue weighted by Crippen LogP contribution is -1.93. The van der Waals surface area contributed by atoms with E-state index >= 15 is 0 Å². The highest BCUT2D eigenvalue weighted by Crippen LogP contribution is 2.08. The SMILES string of the molecule is CCc1nccc(F)c1C. The summed E-state index contributed by atoms with van der Waals surface area (Å²) in [5.74, 6) is -0.160. The van der Waals surface area contributed by atoms with E-state index in [-0.39, 0.29) is 5.82 Å². The van der Waals surface area contributed by atoms with Gasteiger partial charge in [-0.25, -0.2) is 4.39 Å². The van der Waals surface area contributed by atoms with Gasteiger partial charge in [-0.15, -0.1) is 0 Å². The summed E-state index contributed by atoms with van der Waals surface area (Å²) in [5, 5.41) is 0. The zero-order valence-electron chi connectivity index (χ0n) is 6.19. The van der Waals surface area contributed by atoms with E-state index in [1.807, 2.05) is 6.92 Å². The second-order valence-corrected chi connectivity index (χ2v) is 2.22. The maximum Gasteiger partial charge on any atom is 0.129 e. The molecule has 0 aliphatic heterocycles. The lowest BCUT2D eigenvalue weighted by Gasteiger charge is -2.00. The number of hydrogen-bond acceptors (Lipinski definition) is 1. The van der Waals surface area contributed by atoms with Crippen molar-refractivity contribution < 1.29 is 4.39 Å². The summed E-state index contributed by atoms with van der Waals surface area (Å²) in [6.07, 6.45) is 2.30. The molecule has 0 bridgehead atoms. The predicted molar refractivity (Wildman–Crippen MR) is 38.3 cm³/mol. The summed E-state index contributed by atoms with van der Waals surface area (Å²) in [5.41, 5.74) is 1.52. The first-order chi connectivity index (χ1) is 4.75. The van der Waals surface area contributed by atoms with Crippen LogP contribution in [0.5, 0.6) is 0 Å². The van der Waals surface area contributed by atoms with Crippen LogP contribution in [0.1, 0.15) is 18.2 Å². The highest BCUT2D eigenvalue weighted by molar-refractivity contribution is 5.19. The molecule has 0 atom stereocenters. The fourth-order valence-electron chi connectivity index (χ4n) is 0.909. The number of nitrogens with zero attached hydrogens (tertiary/aromatic N) is 1. The molecule has 0 aliphatic rings. The molecule has 1 aromatic heterocycles. The van der Waals surface area contributed by atoms with Gasteiger partial charge in [0.25, 0.3) is 0 Å². The van der Waals surface area contributed by atoms with Gasteiger partial charge < -0.3 is 0 Å². The third-order valence-electron chi connectivity index (χ3n) is 1.58. The molecule has 1 nitrogen and oxygen atoms in total. The molecule has 0 saturated carbocycles. The van der Waals surface area contributed by atoms with Gasteiger partial charge in [0.15, 0.2) is 0 Å². The topological polar surface area (TPSA) is 12.9 Å². The lowest BCUT2D eigenvalue weighted by molar-refractivity contribution is 0.611. The Bertz CT molecular complexity index is 233. The molecule has 1 heterocycles. The van der Waals surface area contributed by atoms with Crippen LogP contribution < -0.4 is 0 Å². The molecule has 54 valence electrons. The summed E-state index contributed by atoms with van der Waals surface area (Å²) >= 11 is 0. The summed E-state index contributed by atoms with van der Waals surface area (Å²) in [7, 11) is 0. The van der Waals surface area contributed by atoms with Crippen LogP contribution >= 0.6 is 0 Å². The van der Waals surface area contributed by atoms with Gasteiger partial charge in [0, 0.05) is 17.5 Å². The van der Waals surface area contributed by atoms with Gasteiger partial charge in [0.2, 0.25) is 0 Å². The average molecular weight is 139 g/mol. The van der Waals surface area contributed by atoms with E-state index in [4.69, 9.17) is 0 Å². The fourth-order valence-corrected chi connectivity index (χ4v) is 0.909. The molecule has 2 heteroatoms. The maximum absolute atomic E-state index is 12.7. The van der Waals surface area contributed by atoms with E-state index in [2.05, 4.69) is 4.98 Å². The van der Waals surface area contributed by atoms with Gasteiger partial charge in [-0.05, 0) is 19.4 Å². The van der Waals surface area contributed by atoms with Crippen LogP contribution in [0.2, 0.25) is 0 Å². The number of aromatic nitrogens is 1. The number of rotatable bonds is 1. The third-order valence-corrected chi connectivity index (χ3v) is 1.58. The predicted octanol–water partition coefficient (Wildman–Crippen LogP) is 2.09. The number of aryl methyl sites for hydroxylation is 1. The van der Waals surface area contributed by atoms with Crippen molar-refractivity contribution in [2.45, 2.75) is 20.3 Å². The van der Waals surface area contributed by atoms with Gasteiger partial charge in [0.1, 0.15) is 5.82 Å². The molecule has 0 N–H and O–H groups in total. The van der Waals surface area contributed by atoms with E-state index in [0.717, 1.165) is 12.1 Å². The zero-order valence-corrected chi connectivity index (χ0v) is 6.19. The van der Waals surface area contributed by atoms with Crippen molar-refractivity contribution in [1.82, 2.24) is 4.98 Å². The monoisotopic (exact) mass is 139 g/mol. The Morgan fingerprint density at radius 3 is 2.80 bits per heavy atom. The van der Waals surface area contributed by atoms with Crippen molar-refractivity contribution in [1.29, 1.82) is 0 Å². The van der Waals surface area contributed by atoms with Crippen molar-refractivity contribution in [2.24, 2.45) is 0 Å². The molecule has 1 rings (SSSR count). The van der Waals surface area contributed by atoms with Crippen molar-refractivity contribution in [3.05, 3.63) is 29.3 Å². The van der Waals surface area contributed by atoms with Crippen LogP contribution in [0.3, 0.4) is 0 Å². The molecule has 0 spiro atoms. The minimum atomic E-state index is -0.160. The standard InChI is InChI=1S/C8H10FN/c1-3-8-6(2)7(9)4-5-10-8/h4-5H,3H2,1-2H3. The number of pyridine rings is 1. The van der Waals surface area contributed by atoms with Crippen molar-refractivity contribution in [3.63, 3.8) is 0 Å². The Kier molecular flexibility index (Phi) is 2.00. The van der Waals surface area contributed by atoms with Crippen LogP contribution in [0.15, 0.2) is 12.3 Å². The summed E-state index contributed by atoms with van der Waals surface area (Å²) < 4.78 is 12.7. The second kappa shape index (κ2) is 2.78. The molecule has 0 radical (unpaired) electrons. The molecular weight excluding hydrogens is 129 g/mol. The Hall–Kier alpha value is -0.920. The highest BCUT2D eigenvalue weighted by Gasteiger charge is 2.00. The van der Waals surface area contributed by atoms with Gasteiger partial charge in [-0.1, -0.05) is 6.92 Å². The fraction of sp³-hybridized carbons (Fsp3) is 0.375. The largest absolute Gasteiger partial charge is 0.261 e. The van der Waals surface area contributed by atoms with Crippen LogP contribution in [0, 0.1) is 12.7 Å². The van der Waals surface area contributed by atoms with Crippen molar-refractivity contribution >= 4 is 0 Å². The van der Waals surface area contributed by atoms with E-state index < -0.39 is 0 Å². The average Bonchev–Trinajstić information content (AvgIpc) is 1.95. The smallest absolute Gasteiger partial charge is 0.129 e. The van der Waals surface area contributed by atoms with Crippen molar-refractivity contribution in [3.8, 4) is 0 Å². The summed E-state index contributed by atoms with van der Waals surface area (Å²) in [6.45, 7) is 3.72. The summed E-state index contributed by atoms with van der Waals surface area (Å²) in [6, 6.07) is 1.38. The Morgan fingerprint density at radius 1 is 1.60 bits per heavy atom. The first-order valence-corrected chi connectivity index (χ1v) is 3.35. The molecule has 0 unspecified atom stereocenters. The molecule has 0 amide bonds. The minimum absolute atomic E-state index is 0.160. The Morgan fingerprint density at radius 2 is 2.30 bits per heavy atom. The van der Waals surface area contributed by atoms with E-state index in [1.165, 1.54) is 12.3 Å². The van der Waals surface area contributed by atoms with E-state index in [0.29, 0.717) is 5.56 Å². The van der Waals surface area contributed by atoms with Crippen LogP contribution in [-0.4, -0.2) is 4.98 Å². The first-order valence-electron chi connectivity index (χ1n) is 3.35. The molecule has 10 heavy (non-hydrogen) atoms. The van der Waals surface area contributed by atoms with Gasteiger partial charge in [-0.3, -0.25) is 4.98 Å². The highest BCUT2D eigenvalue weighted by atomic mass is 19.1. The first kappa shape index (κ1) is 7.19. The van der Waals surface area contributed by atoms with Gasteiger partial charge in [-0.2, -0.15) is 0 Å². The Balaban J connectivity index is 3.14. The quantitative estimate of drug-likeness (QED) is 0.580. The molecule has 0 aromatic carbocycles. The van der Waals surface area contributed by atoms with E-state index in [9.17, 15) is 4.39 Å². The van der Waals surface area contributed by atoms with Gasteiger partial charge >= 0.3 is 0 Å². The number of halogens is 1. The van der Waals surface area contributed by atoms with Crippen LogP contribution in [0.25, 0.3) is 0 Å². The zero-order chi connectivity index (χ0) is 7.56. The maximum atomic E-state index is 12.7.